The van der Waals surface area contributed by atoms with Crippen LogP contribution >= 0.6 is 15.9 Å². The van der Waals surface area contributed by atoms with Crippen molar-refractivity contribution in [3.8, 4) is 5.88 Å². The standard InChI is InChI=1S/C15H13BrF2N2O3S/c16-10-1-4-15(19-8-10)23-11-5-6-20(9-11)24(21,22)12-2-3-13(17)14(18)7-12/h1-4,7-8,11H,5-6,9H2. The molecule has 5 nitrogen and oxygen atoms in total. The first-order chi connectivity index (χ1) is 11.4. The lowest BCUT2D eigenvalue weighted by atomic mass is 10.3. The molecule has 0 radical (unpaired) electrons. The smallest absolute Gasteiger partial charge is 0.243 e. The molecule has 24 heavy (non-hydrogen) atoms. The molecule has 0 bridgehead atoms. The molecule has 0 N–H and O–H groups in total. The van der Waals surface area contributed by atoms with Crippen LogP contribution in [-0.4, -0.2) is 36.9 Å². The van der Waals surface area contributed by atoms with Crippen LogP contribution in [0.5, 0.6) is 5.88 Å². The second-order valence-electron chi connectivity index (χ2n) is 5.28. The summed E-state index contributed by atoms with van der Waals surface area (Å²) in [6.07, 6.45) is 1.72. The van der Waals surface area contributed by atoms with Gasteiger partial charge in [-0.05, 0) is 46.6 Å². The van der Waals surface area contributed by atoms with E-state index in [-0.39, 0.29) is 24.1 Å². The second-order valence-corrected chi connectivity index (χ2v) is 8.14. The summed E-state index contributed by atoms with van der Waals surface area (Å²) in [6, 6.07) is 6.00. The molecule has 0 aliphatic carbocycles. The zero-order valence-corrected chi connectivity index (χ0v) is 14.7. The van der Waals surface area contributed by atoms with Crippen molar-refractivity contribution >= 4 is 26.0 Å². The van der Waals surface area contributed by atoms with Crippen molar-refractivity contribution in [2.45, 2.75) is 17.4 Å². The van der Waals surface area contributed by atoms with E-state index in [1.54, 1.807) is 18.3 Å². The molecule has 0 amide bonds. The number of hydrogen-bond acceptors (Lipinski definition) is 4. The van der Waals surface area contributed by atoms with Gasteiger partial charge < -0.3 is 4.74 Å². The van der Waals surface area contributed by atoms with E-state index in [4.69, 9.17) is 4.74 Å². The molecule has 1 aliphatic rings. The quantitative estimate of drug-likeness (QED) is 0.765. The van der Waals surface area contributed by atoms with Gasteiger partial charge in [0, 0.05) is 23.3 Å². The van der Waals surface area contributed by atoms with Crippen molar-refractivity contribution in [2.24, 2.45) is 0 Å². The Balaban J connectivity index is 1.72. The van der Waals surface area contributed by atoms with Crippen molar-refractivity contribution in [1.29, 1.82) is 0 Å². The van der Waals surface area contributed by atoms with Gasteiger partial charge >= 0.3 is 0 Å². The van der Waals surface area contributed by atoms with Crippen LogP contribution in [0.2, 0.25) is 0 Å². The summed E-state index contributed by atoms with van der Waals surface area (Å²) in [4.78, 5) is 3.81. The van der Waals surface area contributed by atoms with Gasteiger partial charge in [-0.3, -0.25) is 0 Å². The number of ether oxygens (including phenoxy) is 1. The minimum Gasteiger partial charge on any atom is -0.473 e. The van der Waals surface area contributed by atoms with E-state index < -0.39 is 21.7 Å². The van der Waals surface area contributed by atoms with Crippen LogP contribution in [0.25, 0.3) is 0 Å². The third-order valence-electron chi connectivity index (χ3n) is 3.62. The first kappa shape index (κ1) is 17.2. The van der Waals surface area contributed by atoms with E-state index in [2.05, 4.69) is 20.9 Å². The van der Waals surface area contributed by atoms with Crippen molar-refractivity contribution in [3.63, 3.8) is 0 Å². The lowest BCUT2D eigenvalue weighted by Crippen LogP contribution is -2.31. The summed E-state index contributed by atoms with van der Waals surface area (Å²) in [5.74, 6) is -1.88. The van der Waals surface area contributed by atoms with Crippen molar-refractivity contribution in [2.75, 3.05) is 13.1 Å². The fraction of sp³-hybridized carbons (Fsp3) is 0.267. The number of sulfonamides is 1. The molecular formula is C15H13BrF2N2O3S. The Bertz CT molecular complexity index is 846. The number of rotatable bonds is 4. The van der Waals surface area contributed by atoms with E-state index in [1.165, 1.54) is 4.31 Å². The Morgan fingerprint density at radius 1 is 1.21 bits per heavy atom. The van der Waals surface area contributed by atoms with Crippen LogP contribution in [0.4, 0.5) is 8.78 Å². The van der Waals surface area contributed by atoms with E-state index in [0.717, 1.165) is 16.6 Å². The highest BCUT2D eigenvalue weighted by Crippen LogP contribution is 2.25. The molecule has 1 saturated heterocycles. The molecule has 1 aromatic heterocycles. The Kier molecular flexibility index (Phi) is 4.84. The Hall–Kier alpha value is -1.58. The van der Waals surface area contributed by atoms with Gasteiger partial charge in [0.1, 0.15) is 6.10 Å². The normalized spacial score (nSPS) is 18.7. The summed E-state index contributed by atoms with van der Waals surface area (Å²) in [5, 5.41) is 0. The van der Waals surface area contributed by atoms with Crippen LogP contribution < -0.4 is 4.74 Å². The summed E-state index contributed by atoms with van der Waals surface area (Å²) in [7, 11) is -3.89. The molecule has 1 unspecified atom stereocenters. The lowest BCUT2D eigenvalue weighted by Gasteiger charge is -2.17. The van der Waals surface area contributed by atoms with Gasteiger partial charge in [-0.1, -0.05) is 0 Å². The van der Waals surface area contributed by atoms with Crippen LogP contribution in [0.3, 0.4) is 0 Å². The van der Waals surface area contributed by atoms with Gasteiger partial charge in [0.25, 0.3) is 0 Å². The van der Waals surface area contributed by atoms with Crippen molar-refractivity contribution in [1.82, 2.24) is 9.29 Å². The predicted octanol–water partition coefficient (Wildman–Crippen LogP) is 2.96. The van der Waals surface area contributed by atoms with Crippen LogP contribution in [0, 0.1) is 11.6 Å². The zero-order chi connectivity index (χ0) is 17.3. The Morgan fingerprint density at radius 3 is 2.67 bits per heavy atom. The van der Waals surface area contributed by atoms with Gasteiger partial charge in [-0.15, -0.1) is 0 Å². The molecule has 1 aliphatic heterocycles. The maximum atomic E-state index is 13.3. The molecule has 9 heteroatoms. The summed E-state index contributed by atoms with van der Waals surface area (Å²) >= 11 is 3.27. The van der Waals surface area contributed by atoms with Crippen LogP contribution in [0.1, 0.15) is 6.42 Å². The average molecular weight is 419 g/mol. The summed E-state index contributed by atoms with van der Waals surface area (Å²) in [6.45, 7) is 0.363. The third kappa shape index (κ3) is 3.57. The Labute approximate surface area is 146 Å². The maximum absolute atomic E-state index is 13.3. The highest BCUT2D eigenvalue weighted by molar-refractivity contribution is 9.10. The molecule has 0 saturated carbocycles. The lowest BCUT2D eigenvalue weighted by molar-refractivity contribution is 0.207. The summed E-state index contributed by atoms with van der Waals surface area (Å²) in [5.41, 5.74) is 0. The number of benzene rings is 1. The molecule has 1 atom stereocenters. The van der Waals surface area contributed by atoms with E-state index >= 15 is 0 Å². The second kappa shape index (κ2) is 6.73. The number of hydrogen-bond donors (Lipinski definition) is 0. The Morgan fingerprint density at radius 2 is 2.00 bits per heavy atom. The van der Waals surface area contributed by atoms with E-state index in [1.807, 2.05) is 0 Å². The predicted molar refractivity (Wildman–Crippen MR) is 86.1 cm³/mol. The average Bonchev–Trinajstić information content (AvgIpc) is 3.01. The SMILES string of the molecule is O=S(=O)(c1ccc(F)c(F)c1)N1CCC(Oc2ccc(Br)cn2)C1. The van der Waals surface area contributed by atoms with E-state index in [0.29, 0.717) is 18.4 Å². The van der Waals surface area contributed by atoms with Gasteiger partial charge in [-0.2, -0.15) is 4.31 Å². The minimum absolute atomic E-state index is 0.124. The van der Waals surface area contributed by atoms with Gasteiger partial charge in [0.05, 0.1) is 11.4 Å². The topological polar surface area (TPSA) is 59.5 Å². The van der Waals surface area contributed by atoms with Crippen LogP contribution in [-0.2, 0) is 10.0 Å². The molecule has 2 aromatic rings. The first-order valence-electron chi connectivity index (χ1n) is 7.09. The highest BCUT2D eigenvalue weighted by Gasteiger charge is 2.34. The van der Waals surface area contributed by atoms with Crippen LogP contribution in [0.15, 0.2) is 45.9 Å². The number of aromatic nitrogens is 1. The largest absolute Gasteiger partial charge is 0.473 e. The molecule has 3 rings (SSSR count). The number of pyridine rings is 1. The van der Waals surface area contributed by atoms with Crippen molar-refractivity contribution in [3.05, 3.63) is 52.6 Å². The molecule has 0 spiro atoms. The van der Waals surface area contributed by atoms with Crippen molar-refractivity contribution < 1.29 is 21.9 Å². The molecule has 1 fully saturated rings. The molecular weight excluding hydrogens is 406 g/mol. The summed E-state index contributed by atoms with van der Waals surface area (Å²) < 4.78 is 59.0. The first-order valence-corrected chi connectivity index (χ1v) is 9.33. The third-order valence-corrected chi connectivity index (χ3v) is 5.95. The van der Waals surface area contributed by atoms with Gasteiger partial charge in [0.2, 0.25) is 15.9 Å². The molecule has 2 heterocycles. The maximum Gasteiger partial charge on any atom is 0.243 e. The molecule has 128 valence electrons. The van der Waals surface area contributed by atoms with Gasteiger partial charge in [-0.25, -0.2) is 22.2 Å². The van der Waals surface area contributed by atoms with E-state index in [9.17, 15) is 17.2 Å². The molecule has 1 aromatic carbocycles. The number of halogens is 3. The monoisotopic (exact) mass is 418 g/mol. The number of nitrogens with zero attached hydrogens (tertiary/aromatic N) is 2. The van der Waals surface area contributed by atoms with Gasteiger partial charge in [0.15, 0.2) is 11.6 Å². The fourth-order valence-electron chi connectivity index (χ4n) is 2.40. The fourth-order valence-corrected chi connectivity index (χ4v) is 4.13. The minimum atomic E-state index is -3.89. The highest BCUT2D eigenvalue weighted by atomic mass is 79.9. The zero-order valence-electron chi connectivity index (χ0n) is 12.3.